The molecule has 0 aromatic carbocycles. The fraction of sp³-hybridized carbons (Fsp3) is 0.900. The van der Waals surface area contributed by atoms with Crippen molar-refractivity contribution in [3.8, 4) is 6.07 Å². The zero-order valence-corrected chi connectivity index (χ0v) is 9.12. The Morgan fingerprint density at radius 3 is 3.08 bits per heavy atom. The molecule has 1 unspecified atom stereocenters. The number of nitrogens with zero attached hydrogens (tertiary/aromatic N) is 1. The van der Waals surface area contributed by atoms with Crippen LogP contribution in [0.2, 0.25) is 0 Å². The van der Waals surface area contributed by atoms with Gasteiger partial charge in [0.25, 0.3) is 0 Å². The first kappa shape index (κ1) is 10.9. The summed E-state index contributed by atoms with van der Waals surface area (Å²) in [5.41, 5.74) is 0. The van der Waals surface area contributed by atoms with Crippen molar-refractivity contribution in [2.75, 3.05) is 18.8 Å². The van der Waals surface area contributed by atoms with E-state index in [2.05, 4.69) is 30.1 Å². The summed E-state index contributed by atoms with van der Waals surface area (Å²) in [5.74, 6) is 1.32. The second-order valence-electron chi connectivity index (χ2n) is 3.84. The minimum atomic E-state index is 0.465. The quantitative estimate of drug-likeness (QED) is 0.688. The van der Waals surface area contributed by atoms with Gasteiger partial charge in [0.1, 0.15) is 0 Å². The smallest absolute Gasteiger partial charge is 0.0622 e. The number of nitriles is 1. The summed E-state index contributed by atoms with van der Waals surface area (Å²) in [6, 6.07) is 2.16. The van der Waals surface area contributed by atoms with E-state index in [-0.39, 0.29) is 0 Å². The molecule has 1 saturated heterocycles. The molecular formula is C10H18N2S. The molecular weight excluding hydrogens is 180 g/mol. The van der Waals surface area contributed by atoms with Crippen LogP contribution in [0.15, 0.2) is 0 Å². The SMILES string of the molecule is CC1(CNCCCC#N)CCCS1. The minimum absolute atomic E-state index is 0.465. The van der Waals surface area contributed by atoms with E-state index in [0.29, 0.717) is 11.2 Å². The van der Waals surface area contributed by atoms with Crippen LogP contribution in [0.1, 0.15) is 32.6 Å². The van der Waals surface area contributed by atoms with Crippen molar-refractivity contribution < 1.29 is 0 Å². The van der Waals surface area contributed by atoms with Crippen LogP contribution in [-0.4, -0.2) is 23.6 Å². The van der Waals surface area contributed by atoms with Gasteiger partial charge in [-0.3, -0.25) is 0 Å². The molecule has 1 aliphatic rings. The van der Waals surface area contributed by atoms with Crippen LogP contribution in [0.5, 0.6) is 0 Å². The first-order chi connectivity index (χ1) is 6.27. The Labute approximate surface area is 85.1 Å². The molecule has 0 spiro atoms. The zero-order chi connectivity index (χ0) is 9.57. The molecule has 0 bridgehead atoms. The van der Waals surface area contributed by atoms with E-state index < -0.39 is 0 Å². The number of rotatable bonds is 5. The molecule has 0 amide bonds. The number of thioether (sulfide) groups is 1. The lowest BCUT2D eigenvalue weighted by molar-refractivity contribution is 0.532. The summed E-state index contributed by atoms with van der Waals surface area (Å²) in [4.78, 5) is 0. The van der Waals surface area contributed by atoms with Crippen molar-refractivity contribution in [3.63, 3.8) is 0 Å². The summed E-state index contributed by atoms with van der Waals surface area (Å²) in [5, 5.41) is 11.8. The van der Waals surface area contributed by atoms with Gasteiger partial charge in [0.15, 0.2) is 0 Å². The number of hydrogen-bond donors (Lipinski definition) is 1. The third kappa shape index (κ3) is 4.02. The molecule has 1 rings (SSSR count). The number of unbranched alkanes of at least 4 members (excludes halogenated alkanes) is 1. The van der Waals surface area contributed by atoms with Crippen molar-refractivity contribution in [2.24, 2.45) is 0 Å². The van der Waals surface area contributed by atoms with E-state index in [9.17, 15) is 0 Å². The molecule has 13 heavy (non-hydrogen) atoms. The van der Waals surface area contributed by atoms with Crippen LogP contribution in [0.4, 0.5) is 0 Å². The second-order valence-corrected chi connectivity index (χ2v) is 5.52. The van der Waals surface area contributed by atoms with Gasteiger partial charge in [0, 0.05) is 17.7 Å². The summed E-state index contributed by atoms with van der Waals surface area (Å²) >= 11 is 2.08. The van der Waals surface area contributed by atoms with Crippen molar-refractivity contribution in [3.05, 3.63) is 0 Å². The second kappa shape index (κ2) is 5.51. The highest BCUT2D eigenvalue weighted by Gasteiger charge is 2.28. The molecule has 0 saturated carbocycles. The highest BCUT2D eigenvalue weighted by atomic mass is 32.2. The van der Waals surface area contributed by atoms with E-state index in [1.54, 1.807) is 0 Å². The van der Waals surface area contributed by atoms with E-state index in [0.717, 1.165) is 19.5 Å². The molecule has 2 nitrogen and oxygen atoms in total. The molecule has 0 radical (unpaired) electrons. The Kier molecular flexibility index (Phi) is 4.61. The summed E-state index contributed by atoms with van der Waals surface area (Å²) in [7, 11) is 0. The lowest BCUT2D eigenvalue weighted by atomic mass is 10.1. The molecule has 0 aromatic rings. The molecule has 1 fully saturated rings. The molecule has 0 aromatic heterocycles. The summed E-state index contributed by atoms with van der Waals surface area (Å²) in [6.07, 6.45) is 4.36. The van der Waals surface area contributed by atoms with Gasteiger partial charge in [0.05, 0.1) is 6.07 Å². The Bertz CT molecular complexity index is 180. The van der Waals surface area contributed by atoms with Crippen molar-refractivity contribution in [2.45, 2.75) is 37.4 Å². The maximum absolute atomic E-state index is 8.35. The number of nitrogens with one attached hydrogen (secondary N) is 1. The van der Waals surface area contributed by atoms with Crippen LogP contribution < -0.4 is 5.32 Å². The normalized spacial score (nSPS) is 27.4. The van der Waals surface area contributed by atoms with Gasteiger partial charge in [-0.25, -0.2) is 0 Å². The van der Waals surface area contributed by atoms with Gasteiger partial charge < -0.3 is 5.32 Å². The van der Waals surface area contributed by atoms with E-state index in [1.807, 2.05) is 0 Å². The van der Waals surface area contributed by atoms with E-state index in [1.165, 1.54) is 18.6 Å². The molecule has 74 valence electrons. The number of hydrogen-bond acceptors (Lipinski definition) is 3. The van der Waals surface area contributed by atoms with Crippen LogP contribution in [0.25, 0.3) is 0 Å². The maximum Gasteiger partial charge on any atom is 0.0622 e. The Morgan fingerprint density at radius 1 is 1.62 bits per heavy atom. The maximum atomic E-state index is 8.35. The lowest BCUT2D eigenvalue weighted by Gasteiger charge is -2.22. The van der Waals surface area contributed by atoms with Crippen molar-refractivity contribution in [1.82, 2.24) is 5.32 Å². The highest BCUT2D eigenvalue weighted by Crippen LogP contribution is 2.36. The molecule has 1 atom stereocenters. The average molecular weight is 198 g/mol. The first-order valence-electron chi connectivity index (χ1n) is 4.98. The van der Waals surface area contributed by atoms with E-state index >= 15 is 0 Å². The average Bonchev–Trinajstić information content (AvgIpc) is 2.53. The van der Waals surface area contributed by atoms with Gasteiger partial charge in [-0.1, -0.05) is 0 Å². The fourth-order valence-electron chi connectivity index (χ4n) is 1.62. The molecule has 1 heterocycles. The predicted molar refractivity (Wildman–Crippen MR) is 57.8 cm³/mol. The Morgan fingerprint density at radius 2 is 2.46 bits per heavy atom. The van der Waals surface area contributed by atoms with E-state index in [4.69, 9.17) is 5.26 Å². The van der Waals surface area contributed by atoms with Crippen molar-refractivity contribution >= 4 is 11.8 Å². The zero-order valence-electron chi connectivity index (χ0n) is 8.31. The topological polar surface area (TPSA) is 35.8 Å². The van der Waals surface area contributed by atoms with Crippen LogP contribution >= 0.6 is 11.8 Å². The fourth-order valence-corrected chi connectivity index (χ4v) is 2.90. The van der Waals surface area contributed by atoms with Crippen LogP contribution in [0, 0.1) is 11.3 Å². The largest absolute Gasteiger partial charge is 0.315 e. The Balaban J connectivity index is 2.02. The molecule has 1 aliphatic heterocycles. The monoisotopic (exact) mass is 198 g/mol. The lowest BCUT2D eigenvalue weighted by Crippen LogP contribution is -2.33. The molecule has 1 N–H and O–H groups in total. The third-order valence-electron chi connectivity index (χ3n) is 2.44. The minimum Gasteiger partial charge on any atom is -0.315 e. The Hall–Kier alpha value is -0.200. The summed E-state index contributed by atoms with van der Waals surface area (Å²) in [6.45, 7) is 4.43. The summed E-state index contributed by atoms with van der Waals surface area (Å²) < 4.78 is 0.465. The van der Waals surface area contributed by atoms with Crippen LogP contribution in [-0.2, 0) is 0 Å². The van der Waals surface area contributed by atoms with Gasteiger partial charge >= 0.3 is 0 Å². The van der Waals surface area contributed by atoms with Crippen LogP contribution in [0.3, 0.4) is 0 Å². The van der Waals surface area contributed by atoms with Gasteiger partial charge in [-0.05, 0) is 38.5 Å². The van der Waals surface area contributed by atoms with Gasteiger partial charge in [-0.2, -0.15) is 17.0 Å². The molecule has 3 heteroatoms. The van der Waals surface area contributed by atoms with Crippen molar-refractivity contribution in [1.29, 1.82) is 5.26 Å². The predicted octanol–water partition coefficient (Wildman–Crippen LogP) is 2.17. The standard InChI is InChI=1S/C10H18N2S/c1-10(5-4-8-13-10)9-12-7-3-2-6-11/h12H,2-5,7-9H2,1H3. The first-order valence-corrected chi connectivity index (χ1v) is 5.97. The molecule has 0 aliphatic carbocycles. The van der Waals surface area contributed by atoms with Gasteiger partial charge in [-0.15, -0.1) is 0 Å². The highest BCUT2D eigenvalue weighted by molar-refractivity contribution is 8.00. The third-order valence-corrected chi connectivity index (χ3v) is 3.98. The van der Waals surface area contributed by atoms with Gasteiger partial charge in [0.2, 0.25) is 0 Å².